The van der Waals surface area contributed by atoms with E-state index in [1.54, 1.807) is 11.3 Å². The Morgan fingerprint density at radius 2 is 1.75 bits per heavy atom. The molecule has 0 bridgehead atoms. The summed E-state index contributed by atoms with van der Waals surface area (Å²) in [7, 11) is 0. The molecule has 0 unspecified atom stereocenters. The monoisotopic (exact) mass is 391 g/mol. The van der Waals surface area contributed by atoms with E-state index in [-0.39, 0.29) is 18.2 Å². The highest BCUT2D eigenvalue weighted by Crippen LogP contribution is 2.39. The molecule has 0 saturated carbocycles. The van der Waals surface area contributed by atoms with Crippen molar-refractivity contribution in [3.63, 3.8) is 0 Å². The summed E-state index contributed by atoms with van der Waals surface area (Å²) < 4.78 is 1.84. The molecule has 28 heavy (non-hydrogen) atoms. The van der Waals surface area contributed by atoms with E-state index < -0.39 is 0 Å². The number of nitrogens with one attached hydrogen (secondary N) is 1. The topological polar surface area (TPSA) is 50.0 Å². The van der Waals surface area contributed by atoms with Gasteiger partial charge in [0.15, 0.2) is 18.2 Å². The van der Waals surface area contributed by atoms with Crippen LogP contribution in [0.2, 0.25) is 0 Å². The lowest BCUT2D eigenvalue weighted by molar-refractivity contribution is -0.684. The molecule has 0 atom stereocenters. The fraction of sp³-hybridized carbons (Fsp3) is 0.261. The van der Waals surface area contributed by atoms with Crippen molar-refractivity contribution in [2.75, 3.05) is 5.32 Å². The summed E-state index contributed by atoms with van der Waals surface area (Å²) in [6.45, 7) is 2.24. The summed E-state index contributed by atoms with van der Waals surface area (Å²) in [6.07, 6.45) is 7.90. The summed E-state index contributed by atoms with van der Waals surface area (Å²) in [5.74, 6) is -0.118. The molecule has 142 valence electrons. The molecule has 0 fully saturated rings. The highest BCUT2D eigenvalue weighted by molar-refractivity contribution is 7.17. The van der Waals surface area contributed by atoms with Gasteiger partial charge in [-0.25, -0.2) is 0 Å². The number of fused-ring (bicyclic) bond motifs is 1. The number of amides is 1. The van der Waals surface area contributed by atoms with E-state index in [0.29, 0.717) is 16.1 Å². The van der Waals surface area contributed by atoms with E-state index in [9.17, 15) is 9.59 Å². The zero-order valence-corrected chi connectivity index (χ0v) is 16.7. The van der Waals surface area contributed by atoms with E-state index in [0.717, 1.165) is 36.8 Å². The Morgan fingerprint density at radius 3 is 2.50 bits per heavy atom. The molecular formula is C23H23N2O2S+. The second-order valence-electron chi connectivity index (χ2n) is 7.21. The molecule has 5 heteroatoms. The van der Waals surface area contributed by atoms with Gasteiger partial charge in [0.2, 0.25) is 6.54 Å². The lowest BCUT2D eigenvalue weighted by Crippen LogP contribution is -2.39. The van der Waals surface area contributed by atoms with E-state index >= 15 is 0 Å². The largest absolute Gasteiger partial charge is 0.312 e. The lowest BCUT2D eigenvalue weighted by atomic mass is 9.92. The third-order valence-corrected chi connectivity index (χ3v) is 6.28. The number of carbonyl (C=O) groups is 2. The van der Waals surface area contributed by atoms with Gasteiger partial charge in [-0.3, -0.25) is 9.59 Å². The molecule has 0 radical (unpaired) electrons. The number of carbonyl (C=O) groups excluding carboxylic acids is 2. The number of aromatic nitrogens is 1. The number of pyridine rings is 1. The van der Waals surface area contributed by atoms with Gasteiger partial charge in [0.05, 0.1) is 5.56 Å². The minimum absolute atomic E-state index is 0.00158. The maximum atomic E-state index is 13.2. The molecule has 0 spiro atoms. The third-order valence-electron chi connectivity index (χ3n) is 5.07. The van der Waals surface area contributed by atoms with Crippen LogP contribution in [-0.4, -0.2) is 11.7 Å². The van der Waals surface area contributed by atoms with Gasteiger partial charge >= 0.3 is 0 Å². The van der Waals surface area contributed by atoms with Crippen LogP contribution in [0.15, 0.2) is 54.9 Å². The quantitative estimate of drug-likeness (QED) is 0.526. The van der Waals surface area contributed by atoms with Crippen molar-refractivity contribution in [1.82, 2.24) is 0 Å². The summed E-state index contributed by atoms with van der Waals surface area (Å²) in [5.41, 5.74) is 3.63. The van der Waals surface area contributed by atoms with Crippen molar-refractivity contribution in [1.29, 1.82) is 0 Å². The molecule has 4 rings (SSSR count). The Balaban J connectivity index is 1.63. The molecule has 0 aliphatic heterocycles. The van der Waals surface area contributed by atoms with E-state index in [1.807, 2.05) is 66.3 Å². The van der Waals surface area contributed by atoms with Crippen LogP contribution in [0.3, 0.4) is 0 Å². The van der Waals surface area contributed by atoms with Gasteiger partial charge in [-0.15, -0.1) is 11.3 Å². The van der Waals surface area contributed by atoms with Crippen molar-refractivity contribution in [2.45, 2.75) is 39.2 Å². The van der Waals surface area contributed by atoms with Gasteiger partial charge < -0.3 is 5.32 Å². The van der Waals surface area contributed by atoms with Crippen LogP contribution < -0.4 is 9.88 Å². The molecular weight excluding hydrogens is 368 g/mol. The first-order valence-electron chi connectivity index (χ1n) is 9.61. The number of benzene rings is 1. The second-order valence-corrected chi connectivity index (χ2v) is 8.31. The first-order chi connectivity index (χ1) is 13.6. The standard InChI is InChI=1S/C23H22N2O2S/c1-16-11-13-25(14-12-16)15-20(26)24-23-21(18-9-5-6-10-19(18)28-23)22(27)17-7-3-2-4-8-17/h2-4,7-8,11-14H,5-6,9-10,15H2,1H3/p+1. The Morgan fingerprint density at radius 1 is 1.04 bits per heavy atom. The number of nitrogens with zero attached hydrogens (tertiary/aromatic N) is 1. The molecule has 1 amide bonds. The summed E-state index contributed by atoms with van der Waals surface area (Å²) >= 11 is 1.56. The van der Waals surface area contributed by atoms with Gasteiger partial charge in [-0.05, 0) is 43.7 Å². The SMILES string of the molecule is Cc1cc[n+](CC(=O)Nc2sc3c(c2C(=O)c2ccccc2)CCCC3)cc1. The minimum Gasteiger partial charge on any atom is -0.312 e. The molecule has 1 aliphatic carbocycles. The summed E-state index contributed by atoms with van der Waals surface area (Å²) in [4.78, 5) is 27.1. The van der Waals surface area contributed by atoms with Crippen LogP contribution in [0.1, 0.15) is 44.8 Å². The third kappa shape index (κ3) is 3.90. The number of thiophene rings is 1. The molecule has 3 aromatic rings. The van der Waals surface area contributed by atoms with Gasteiger partial charge in [0, 0.05) is 22.6 Å². The first kappa shape index (κ1) is 18.6. The zero-order chi connectivity index (χ0) is 19.5. The maximum Gasteiger partial charge on any atom is 0.290 e. The van der Waals surface area contributed by atoms with Crippen molar-refractivity contribution in [3.05, 3.63) is 82.0 Å². The van der Waals surface area contributed by atoms with Crippen molar-refractivity contribution in [2.24, 2.45) is 0 Å². The highest BCUT2D eigenvalue weighted by atomic mass is 32.1. The first-order valence-corrected chi connectivity index (χ1v) is 10.4. The zero-order valence-electron chi connectivity index (χ0n) is 15.9. The van der Waals surface area contributed by atoms with Gasteiger partial charge in [-0.2, -0.15) is 4.57 Å². The molecule has 0 saturated heterocycles. The number of anilines is 1. The van der Waals surface area contributed by atoms with E-state index in [1.165, 1.54) is 4.88 Å². The van der Waals surface area contributed by atoms with Crippen LogP contribution in [0.4, 0.5) is 5.00 Å². The summed E-state index contributed by atoms with van der Waals surface area (Å²) in [5, 5.41) is 3.71. The Hall–Kier alpha value is -2.79. The molecule has 2 heterocycles. The van der Waals surface area contributed by atoms with Crippen molar-refractivity contribution < 1.29 is 14.2 Å². The molecule has 2 aromatic heterocycles. The summed E-state index contributed by atoms with van der Waals surface area (Å²) in [6, 6.07) is 13.3. The average Bonchev–Trinajstić information content (AvgIpc) is 3.07. The number of ketones is 1. The van der Waals surface area contributed by atoms with Crippen LogP contribution in [0, 0.1) is 6.92 Å². The lowest BCUT2D eigenvalue weighted by Gasteiger charge is -2.12. The molecule has 1 aliphatic rings. The van der Waals surface area contributed by atoms with Gasteiger partial charge in [0.25, 0.3) is 5.91 Å². The predicted octanol–water partition coefficient (Wildman–Crippen LogP) is 4.09. The van der Waals surface area contributed by atoms with Crippen molar-refractivity contribution in [3.8, 4) is 0 Å². The average molecular weight is 392 g/mol. The smallest absolute Gasteiger partial charge is 0.290 e. The van der Waals surface area contributed by atoms with Gasteiger partial charge in [0.1, 0.15) is 5.00 Å². The molecule has 4 nitrogen and oxygen atoms in total. The van der Waals surface area contributed by atoms with Crippen LogP contribution in [-0.2, 0) is 24.2 Å². The van der Waals surface area contributed by atoms with E-state index in [4.69, 9.17) is 0 Å². The van der Waals surface area contributed by atoms with Crippen LogP contribution in [0.5, 0.6) is 0 Å². The fourth-order valence-electron chi connectivity index (χ4n) is 3.60. The van der Waals surface area contributed by atoms with Crippen LogP contribution in [0.25, 0.3) is 0 Å². The Labute approximate surface area is 168 Å². The highest BCUT2D eigenvalue weighted by Gasteiger charge is 2.27. The van der Waals surface area contributed by atoms with Crippen molar-refractivity contribution >= 4 is 28.0 Å². The number of hydrogen-bond acceptors (Lipinski definition) is 3. The Bertz CT molecular complexity index is 1010. The van der Waals surface area contributed by atoms with Gasteiger partial charge in [-0.1, -0.05) is 30.3 Å². The van der Waals surface area contributed by atoms with Crippen LogP contribution >= 0.6 is 11.3 Å². The molecule has 1 aromatic carbocycles. The Kier molecular flexibility index (Phi) is 5.35. The number of hydrogen-bond donors (Lipinski definition) is 1. The maximum absolute atomic E-state index is 13.2. The minimum atomic E-state index is -0.116. The predicted molar refractivity (Wildman–Crippen MR) is 111 cm³/mol. The fourth-order valence-corrected chi connectivity index (χ4v) is 4.90. The molecule has 1 N–H and O–H groups in total. The number of rotatable bonds is 5. The normalized spacial score (nSPS) is 13.0. The second kappa shape index (κ2) is 8.07. The van der Waals surface area contributed by atoms with E-state index in [2.05, 4.69) is 5.32 Å². The number of aryl methyl sites for hydroxylation is 2.